The van der Waals surface area contributed by atoms with Crippen molar-refractivity contribution in [2.24, 2.45) is 5.92 Å². The number of aromatic nitrogens is 2. The predicted molar refractivity (Wildman–Crippen MR) is 68.6 cm³/mol. The minimum absolute atomic E-state index is 0.0300. The highest BCUT2D eigenvalue weighted by molar-refractivity contribution is 5.97. The summed E-state index contributed by atoms with van der Waals surface area (Å²) in [5, 5.41) is 4.34. The lowest BCUT2D eigenvalue weighted by Crippen LogP contribution is -2.15. The zero-order valence-electron chi connectivity index (χ0n) is 11.7. The van der Waals surface area contributed by atoms with Crippen LogP contribution in [0.5, 0.6) is 0 Å². The van der Waals surface area contributed by atoms with E-state index in [0.717, 1.165) is 5.69 Å². The van der Waals surface area contributed by atoms with Crippen LogP contribution < -0.4 is 0 Å². The lowest BCUT2D eigenvalue weighted by atomic mass is 10.1. The fraction of sp³-hybridized carbons (Fsp3) is 0.714. The van der Waals surface area contributed by atoms with Crippen LogP contribution in [0, 0.1) is 19.8 Å². The quantitative estimate of drug-likeness (QED) is 0.784. The molecule has 1 fully saturated rings. The first-order valence-electron chi connectivity index (χ1n) is 6.79. The van der Waals surface area contributed by atoms with Crippen molar-refractivity contribution < 1.29 is 13.6 Å². The second-order valence-corrected chi connectivity index (χ2v) is 5.47. The van der Waals surface area contributed by atoms with Gasteiger partial charge < -0.3 is 0 Å². The van der Waals surface area contributed by atoms with Gasteiger partial charge in [-0.05, 0) is 26.2 Å². The van der Waals surface area contributed by atoms with Gasteiger partial charge in [-0.25, -0.2) is 8.78 Å². The van der Waals surface area contributed by atoms with Crippen molar-refractivity contribution in [2.75, 3.05) is 0 Å². The van der Waals surface area contributed by atoms with Crippen LogP contribution in [0.4, 0.5) is 8.78 Å². The third kappa shape index (κ3) is 2.85. The van der Waals surface area contributed by atoms with Crippen molar-refractivity contribution >= 4 is 5.78 Å². The van der Waals surface area contributed by atoms with E-state index < -0.39 is 5.92 Å². The maximum Gasteiger partial charge on any atom is 0.248 e. The molecule has 0 aliphatic heterocycles. The number of alkyl halides is 2. The van der Waals surface area contributed by atoms with Gasteiger partial charge in [0.1, 0.15) is 0 Å². The van der Waals surface area contributed by atoms with Crippen LogP contribution in [-0.4, -0.2) is 21.5 Å². The summed E-state index contributed by atoms with van der Waals surface area (Å²) >= 11 is 0. The van der Waals surface area contributed by atoms with Crippen LogP contribution >= 0.6 is 0 Å². The fourth-order valence-corrected chi connectivity index (χ4v) is 2.90. The highest BCUT2D eigenvalue weighted by atomic mass is 19.3. The highest BCUT2D eigenvalue weighted by Crippen LogP contribution is 2.39. The summed E-state index contributed by atoms with van der Waals surface area (Å²) in [6.45, 7) is 5.95. The third-order valence-corrected chi connectivity index (χ3v) is 3.92. The van der Waals surface area contributed by atoms with Gasteiger partial charge in [-0.2, -0.15) is 5.10 Å². The Labute approximate surface area is 112 Å². The van der Waals surface area contributed by atoms with Crippen LogP contribution in [-0.2, 0) is 6.54 Å². The lowest BCUT2D eigenvalue weighted by Gasteiger charge is -2.12. The maximum atomic E-state index is 13.2. The average Bonchev–Trinajstić information content (AvgIpc) is 2.80. The average molecular weight is 270 g/mol. The summed E-state index contributed by atoms with van der Waals surface area (Å²) in [4.78, 5) is 11.8. The van der Waals surface area contributed by atoms with Gasteiger partial charge in [-0.15, -0.1) is 0 Å². The summed E-state index contributed by atoms with van der Waals surface area (Å²) in [6.07, 6.45) is 0.872. The van der Waals surface area contributed by atoms with E-state index in [1.165, 1.54) is 0 Å². The SMILES string of the molecule is CCC(=O)c1c(C)nn(CC2CCC(F)(F)C2)c1C. The molecule has 1 heterocycles. The number of halogens is 2. The fourth-order valence-electron chi connectivity index (χ4n) is 2.90. The Bertz CT molecular complexity index is 494. The molecule has 1 aromatic rings. The number of hydrogen-bond donors (Lipinski definition) is 0. The summed E-state index contributed by atoms with van der Waals surface area (Å²) in [5.41, 5.74) is 2.17. The number of ketones is 1. The minimum Gasteiger partial charge on any atom is -0.294 e. The van der Waals surface area contributed by atoms with Gasteiger partial charge in [0, 0.05) is 31.5 Å². The molecule has 19 heavy (non-hydrogen) atoms. The Kier molecular flexibility index (Phi) is 3.74. The van der Waals surface area contributed by atoms with E-state index in [-0.39, 0.29) is 24.5 Å². The molecule has 2 rings (SSSR count). The monoisotopic (exact) mass is 270 g/mol. The van der Waals surface area contributed by atoms with Crippen LogP contribution in [0.25, 0.3) is 0 Å². The first-order valence-corrected chi connectivity index (χ1v) is 6.79. The predicted octanol–water partition coefficient (Wildman–Crippen LogP) is 3.53. The second-order valence-electron chi connectivity index (χ2n) is 5.47. The molecule has 1 unspecified atom stereocenters. The molecule has 5 heteroatoms. The number of nitrogens with zero attached hydrogens (tertiary/aromatic N) is 2. The Morgan fingerprint density at radius 1 is 1.47 bits per heavy atom. The number of hydrogen-bond acceptors (Lipinski definition) is 2. The summed E-state index contributed by atoms with van der Waals surface area (Å²) in [7, 11) is 0. The third-order valence-electron chi connectivity index (χ3n) is 3.92. The molecule has 1 aliphatic rings. The molecule has 0 bridgehead atoms. The number of Topliss-reactive ketones (excluding diaryl/α,β-unsaturated/α-hetero) is 1. The molecular formula is C14H20F2N2O. The van der Waals surface area contributed by atoms with E-state index in [2.05, 4.69) is 5.10 Å². The molecule has 1 aromatic heterocycles. The molecule has 1 aliphatic carbocycles. The number of aryl methyl sites for hydroxylation is 1. The van der Waals surface area contributed by atoms with E-state index in [0.29, 0.717) is 30.6 Å². The maximum absolute atomic E-state index is 13.2. The lowest BCUT2D eigenvalue weighted by molar-refractivity contribution is 0.00418. The number of rotatable bonds is 4. The van der Waals surface area contributed by atoms with Crippen molar-refractivity contribution in [2.45, 2.75) is 58.9 Å². The van der Waals surface area contributed by atoms with Crippen molar-refractivity contribution in [3.05, 3.63) is 17.0 Å². The van der Waals surface area contributed by atoms with Gasteiger partial charge in [0.25, 0.3) is 0 Å². The molecule has 1 atom stereocenters. The van der Waals surface area contributed by atoms with Crippen LogP contribution in [0.15, 0.2) is 0 Å². The van der Waals surface area contributed by atoms with E-state index in [4.69, 9.17) is 0 Å². The summed E-state index contributed by atoms with van der Waals surface area (Å²) in [6, 6.07) is 0. The van der Waals surface area contributed by atoms with Crippen molar-refractivity contribution in [1.29, 1.82) is 0 Å². The van der Waals surface area contributed by atoms with E-state index in [1.807, 2.05) is 13.8 Å². The van der Waals surface area contributed by atoms with E-state index >= 15 is 0 Å². The number of carbonyl (C=O) groups is 1. The number of carbonyl (C=O) groups excluding carboxylic acids is 1. The van der Waals surface area contributed by atoms with Crippen molar-refractivity contribution in [3.63, 3.8) is 0 Å². The van der Waals surface area contributed by atoms with Crippen molar-refractivity contribution in [3.8, 4) is 0 Å². The Morgan fingerprint density at radius 3 is 2.68 bits per heavy atom. The topological polar surface area (TPSA) is 34.9 Å². The first-order chi connectivity index (χ1) is 8.84. The summed E-state index contributed by atoms with van der Waals surface area (Å²) < 4.78 is 28.1. The zero-order valence-corrected chi connectivity index (χ0v) is 11.7. The molecule has 3 nitrogen and oxygen atoms in total. The van der Waals surface area contributed by atoms with Gasteiger partial charge in [0.05, 0.1) is 11.3 Å². The van der Waals surface area contributed by atoms with Gasteiger partial charge in [0.2, 0.25) is 5.92 Å². The standard InChI is InChI=1S/C14H20F2N2O/c1-4-12(19)13-9(2)17-18(10(13)3)8-11-5-6-14(15,16)7-11/h11H,4-8H2,1-3H3. The van der Waals surface area contributed by atoms with Gasteiger partial charge in [-0.1, -0.05) is 6.92 Å². The van der Waals surface area contributed by atoms with Crippen molar-refractivity contribution in [1.82, 2.24) is 9.78 Å². The molecule has 0 amide bonds. The molecule has 106 valence electrons. The van der Waals surface area contributed by atoms with Crippen LogP contribution in [0.3, 0.4) is 0 Å². The van der Waals surface area contributed by atoms with E-state index in [1.54, 1.807) is 11.6 Å². The largest absolute Gasteiger partial charge is 0.294 e. The Hall–Kier alpha value is -1.26. The van der Waals surface area contributed by atoms with Gasteiger partial charge in [-0.3, -0.25) is 9.48 Å². The minimum atomic E-state index is -2.52. The molecule has 0 N–H and O–H groups in total. The van der Waals surface area contributed by atoms with Crippen LogP contribution in [0.1, 0.15) is 54.4 Å². The molecule has 0 aromatic carbocycles. The van der Waals surface area contributed by atoms with E-state index in [9.17, 15) is 13.6 Å². The summed E-state index contributed by atoms with van der Waals surface area (Å²) in [5.74, 6) is -2.50. The molecule has 0 radical (unpaired) electrons. The smallest absolute Gasteiger partial charge is 0.248 e. The molecule has 0 saturated heterocycles. The van der Waals surface area contributed by atoms with Crippen LogP contribution in [0.2, 0.25) is 0 Å². The Balaban J connectivity index is 2.16. The molecular weight excluding hydrogens is 250 g/mol. The Morgan fingerprint density at radius 2 is 2.16 bits per heavy atom. The second kappa shape index (κ2) is 5.02. The van der Waals surface area contributed by atoms with Gasteiger partial charge >= 0.3 is 0 Å². The zero-order chi connectivity index (χ0) is 14.2. The van der Waals surface area contributed by atoms with Gasteiger partial charge in [0.15, 0.2) is 5.78 Å². The molecule has 0 spiro atoms. The molecule has 1 saturated carbocycles. The first kappa shape index (κ1) is 14.2. The normalized spacial score (nSPS) is 21.8. The highest BCUT2D eigenvalue weighted by Gasteiger charge is 2.39.